The molecule has 0 radical (unpaired) electrons. The summed E-state index contributed by atoms with van der Waals surface area (Å²) in [6.45, 7) is 0.501. The summed E-state index contributed by atoms with van der Waals surface area (Å²) < 4.78 is 9.96. The van der Waals surface area contributed by atoms with Crippen LogP contribution in [0, 0.1) is 0 Å². The topological polar surface area (TPSA) is 51.6 Å². The molecule has 0 aromatic carbocycles. The van der Waals surface area contributed by atoms with Gasteiger partial charge in [0.25, 0.3) is 0 Å². The Morgan fingerprint density at radius 2 is 2.29 bits per heavy atom. The van der Waals surface area contributed by atoms with Crippen molar-refractivity contribution < 1.29 is 14.6 Å². The van der Waals surface area contributed by atoms with Crippen LogP contribution in [0.2, 0.25) is 0 Å². The van der Waals surface area contributed by atoms with Crippen LogP contribution in [0.5, 0.6) is 5.75 Å². The van der Waals surface area contributed by atoms with Gasteiger partial charge < -0.3 is 14.6 Å². The van der Waals surface area contributed by atoms with Gasteiger partial charge >= 0.3 is 0 Å². The molecule has 0 amide bonds. The van der Waals surface area contributed by atoms with E-state index in [1.165, 1.54) is 0 Å². The van der Waals surface area contributed by atoms with E-state index in [0.717, 1.165) is 0 Å². The fourth-order valence-electron chi connectivity index (χ4n) is 1.19. The molecule has 1 atom stereocenters. The van der Waals surface area contributed by atoms with Crippen LogP contribution in [-0.2, 0) is 4.74 Å². The number of hydrogen-bond acceptors (Lipinski definition) is 4. The molecule has 1 heterocycles. The van der Waals surface area contributed by atoms with Crippen molar-refractivity contribution in [2.24, 2.45) is 0 Å². The highest BCUT2D eigenvalue weighted by Gasteiger charge is 2.13. The van der Waals surface area contributed by atoms with E-state index >= 15 is 0 Å². The van der Waals surface area contributed by atoms with Crippen LogP contribution in [0.1, 0.15) is 18.2 Å². The Kier molecular flexibility index (Phi) is 4.35. The molecule has 4 nitrogen and oxygen atoms in total. The number of rotatable bonds is 5. The van der Waals surface area contributed by atoms with Gasteiger partial charge in [-0.25, -0.2) is 0 Å². The Balaban J connectivity index is 2.72. The van der Waals surface area contributed by atoms with E-state index in [2.05, 4.69) is 4.98 Å². The van der Waals surface area contributed by atoms with Crippen molar-refractivity contribution in [3.05, 3.63) is 24.0 Å². The molecule has 0 spiro atoms. The van der Waals surface area contributed by atoms with Crippen molar-refractivity contribution in [2.75, 3.05) is 20.8 Å². The summed E-state index contributed by atoms with van der Waals surface area (Å²) in [6, 6.07) is 3.55. The van der Waals surface area contributed by atoms with Gasteiger partial charge in [0.2, 0.25) is 0 Å². The normalized spacial score (nSPS) is 12.5. The maximum atomic E-state index is 9.74. The van der Waals surface area contributed by atoms with E-state index in [1.54, 1.807) is 32.5 Å². The predicted molar refractivity (Wildman–Crippen MR) is 52.2 cm³/mol. The van der Waals surface area contributed by atoms with E-state index < -0.39 is 6.10 Å². The molecule has 0 saturated carbocycles. The first-order valence-electron chi connectivity index (χ1n) is 4.45. The number of nitrogens with zero attached hydrogens (tertiary/aromatic N) is 1. The number of aromatic nitrogens is 1. The first-order valence-corrected chi connectivity index (χ1v) is 4.45. The van der Waals surface area contributed by atoms with Gasteiger partial charge in [0.1, 0.15) is 17.5 Å². The fraction of sp³-hybridized carbons (Fsp3) is 0.500. The number of aliphatic hydroxyl groups excluding tert-OH is 1. The van der Waals surface area contributed by atoms with Crippen LogP contribution in [0.3, 0.4) is 0 Å². The molecule has 0 saturated heterocycles. The van der Waals surface area contributed by atoms with E-state index in [4.69, 9.17) is 9.47 Å². The molecule has 4 heteroatoms. The number of methoxy groups -OCH3 is 2. The smallest absolute Gasteiger partial charge is 0.143 e. The summed E-state index contributed by atoms with van der Waals surface area (Å²) in [5.74, 6) is 0.608. The fourth-order valence-corrected chi connectivity index (χ4v) is 1.19. The Morgan fingerprint density at radius 3 is 2.93 bits per heavy atom. The highest BCUT2D eigenvalue weighted by atomic mass is 16.5. The Labute approximate surface area is 83.5 Å². The van der Waals surface area contributed by atoms with Gasteiger partial charge in [-0.2, -0.15) is 0 Å². The molecule has 0 fully saturated rings. The number of pyridine rings is 1. The minimum Gasteiger partial charge on any atom is -0.495 e. The van der Waals surface area contributed by atoms with Crippen molar-refractivity contribution >= 4 is 0 Å². The third kappa shape index (κ3) is 2.68. The minimum absolute atomic E-state index is 0.501. The number of ether oxygens (including phenoxy) is 2. The zero-order chi connectivity index (χ0) is 10.4. The van der Waals surface area contributed by atoms with Crippen LogP contribution in [0.25, 0.3) is 0 Å². The maximum absolute atomic E-state index is 9.74. The van der Waals surface area contributed by atoms with Crippen molar-refractivity contribution in [1.82, 2.24) is 4.98 Å². The number of aliphatic hydroxyl groups is 1. The first kappa shape index (κ1) is 10.9. The Bertz CT molecular complexity index is 278. The Morgan fingerprint density at radius 1 is 1.50 bits per heavy atom. The molecule has 78 valence electrons. The average Bonchev–Trinajstić information content (AvgIpc) is 2.25. The second kappa shape index (κ2) is 5.57. The lowest BCUT2D eigenvalue weighted by molar-refractivity contribution is 0.105. The standard InChI is InChI=1S/C10H15NO3/c1-13-7-5-8(12)10-9(14-2)4-3-6-11-10/h3-4,6,8,12H,5,7H2,1-2H3. The van der Waals surface area contributed by atoms with Crippen molar-refractivity contribution in [2.45, 2.75) is 12.5 Å². The van der Waals surface area contributed by atoms with Crippen LogP contribution in [-0.4, -0.2) is 30.9 Å². The lowest BCUT2D eigenvalue weighted by atomic mass is 10.1. The quantitative estimate of drug-likeness (QED) is 0.769. The second-order valence-electron chi connectivity index (χ2n) is 2.89. The molecule has 1 unspecified atom stereocenters. The van der Waals surface area contributed by atoms with Gasteiger partial charge in [-0.15, -0.1) is 0 Å². The zero-order valence-electron chi connectivity index (χ0n) is 8.43. The Hall–Kier alpha value is -1.13. The van der Waals surface area contributed by atoms with Crippen LogP contribution in [0.4, 0.5) is 0 Å². The van der Waals surface area contributed by atoms with E-state index in [1.807, 2.05) is 0 Å². The van der Waals surface area contributed by atoms with Crippen LogP contribution < -0.4 is 4.74 Å². The van der Waals surface area contributed by atoms with Gasteiger partial charge in [0, 0.05) is 26.3 Å². The van der Waals surface area contributed by atoms with Gasteiger partial charge in [-0.3, -0.25) is 4.98 Å². The van der Waals surface area contributed by atoms with E-state index in [-0.39, 0.29) is 0 Å². The van der Waals surface area contributed by atoms with Gasteiger partial charge in [0.15, 0.2) is 0 Å². The van der Waals surface area contributed by atoms with Crippen molar-refractivity contribution in [1.29, 1.82) is 0 Å². The lowest BCUT2D eigenvalue weighted by Gasteiger charge is -2.12. The third-order valence-corrected chi connectivity index (χ3v) is 1.93. The summed E-state index contributed by atoms with van der Waals surface area (Å²) in [7, 11) is 3.16. The molecule has 14 heavy (non-hydrogen) atoms. The molecular formula is C10H15NO3. The zero-order valence-corrected chi connectivity index (χ0v) is 8.43. The van der Waals surface area contributed by atoms with Crippen molar-refractivity contribution in [3.8, 4) is 5.75 Å². The molecule has 0 aliphatic carbocycles. The summed E-state index contributed by atoms with van der Waals surface area (Å²) in [4.78, 5) is 4.07. The van der Waals surface area contributed by atoms with Crippen molar-refractivity contribution in [3.63, 3.8) is 0 Å². The summed E-state index contributed by atoms with van der Waals surface area (Å²) in [5.41, 5.74) is 0.562. The van der Waals surface area contributed by atoms with E-state index in [9.17, 15) is 5.11 Å². The highest BCUT2D eigenvalue weighted by Crippen LogP contribution is 2.23. The molecule has 1 N–H and O–H groups in total. The molecule has 1 aromatic rings. The molecule has 0 aliphatic heterocycles. The van der Waals surface area contributed by atoms with Gasteiger partial charge in [-0.05, 0) is 12.1 Å². The maximum Gasteiger partial charge on any atom is 0.143 e. The largest absolute Gasteiger partial charge is 0.495 e. The highest BCUT2D eigenvalue weighted by molar-refractivity contribution is 5.28. The van der Waals surface area contributed by atoms with Crippen LogP contribution in [0.15, 0.2) is 18.3 Å². The molecular weight excluding hydrogens is 182 g/mol. The van der Waals surface area contributed by atoms with Gasteiger partial charge in [0.05, 0.1) is 7.11 Å². The first-order chi connectivity index (χ1) is 6.79. The van der Waals surface area contributed by atoms with Gasteiger partial charge in [-0.1, -0.05) is 0 Å². The molecule has 0 bridgehead atoms. The average molecular weight is 197 g/mol. The molecule has 0 aliphatic rings. The lowest BCUT2D eigenvalue weighted by Crippen LogP contribution is -2.05. The van der Waals surface area contributed by atoms with E-state index in [0.29, 0.717) is 24.5 Å². The third-order valence-electron chi connectivity index (χ3n) is 1.93. The molecule has 1 rings (SSSR count). The molecule has 1 aromatic heterocycles. The van der Waals surface area contributed by atoms with Crippen LogP contribution >= 0.6 is 0 Å². The number of hydrogen-bond donors (Lipinski definition) is 1. The summed E-state index contributed by atoms with van der Waals surface area (Å²) in [6.07, 6.45) is 1.52. The SMILES string of the molecule is COCCC(O)c1ncccc1OC. The summed E-state index contributed by atoms with van der Waals surface area (Å²) in [5, 5.41) is 9.74. The second-order valence-corrected chi connectivity index (χ2v) is 2.89. The monoisotopic (exact) mass is 197 g/mol. The minimum atomic E-state index is -0.633. The predicted octanol–water partition coefficient (Wildman–Crippen LogP) is 1.16. The summed E-state index contributed by atoms with van der Waals surface area (Å²) >= 11 is 0.